The van der Waals surface area contributed by atoms with E-state index in [9.17, 15) is 0 Å². The zero-order chi connectivity index (χ0) is 12.4. The lowest BCUT2D eigenvalue weighted by atomic mass is 10.0. The molecule has 1 aromatic heterocycles. The molecule has 3 heteroatoms. The Bertz CT molecular complexity index is 533. The summed E-state index contributed by atoms with van der Waals surface area (Å²) in [5.41, 5.74) is 2.44. The fourth-order valence-electron chi connectivity index (χ4n) is 2.36. The summed E-state index contributed by atoms with van der Waals surface area (Å²) < 4.78 is 11.1. The Hall–Kier alpha value is -1.74. The molecule has 1 N–H and O–H groups in total. The van der Waals surface area contributed by atoms with Gasteiger partial charge in [0.1, 0.15) is 11.5 Å². The molecule has 3 rings (SSSR count). The first-order valence-electron chi connectivity index (χ1n) is 6.32. The van der Waals surface area contributed by atoms with Gasteiger partial charge in [-0.3, -0.25) is 0 Å². The Morgan fingerprint density at radius 2 is 2.17 bits per heavy atom. The van der Waals surface area contributed by atoms with Gasteiger partial charge in [-0.25, -0.2) is 0 Å². The molecule has 0 fully saturated rings. The van der Waals surface area contributed by atoms with Crippen LogP contribution in [-0.4, -0.2) is 6.61 Å². The maximum absolute atomic E-state index is 5.65. The lowest BCUT2D eigenvalue weighted by molar-refractivity contribution is 0.250. The Balaban J connectivity index is 1.73. The van der Waals surface area contributed by atoms with E-state index in [1.54, 1.807) is 6.26 Å². The van der Waals surface area contributed by atoms with Crippen molar-refractivity contribution >= 4 is 0 Å². The van der Waals surface area contributed by atoms with E-state index in [-0.39, 0.29) is 0 Å². The molecule has 1 aromatic carbocycles. The molecule has 1 atom stereocenters. The highest BCUT2D eigenvalue weighted by molar-refractivity contribution is 5.37. The second-order valence-electron chi connectivity index (χ2n) is 4.64. The van der Waals surface area contributed by atoms with Gasteiger partial charge in [0.05, 0.1) is 19.4 Å². The molecule has 0 amide bonds. The van der Waals surface area contributed by atoms with E-state index in [1.165, 1.54) is 11.1 Å². The van der Waals surface area contributed by atoms with Crippen LogP contribution < -0.4 is 10.1 Å². The van der Waals surface area contributed by atoms with E-state index in [2.05, 4.69) is 24.4 Å². The molecule has 1 unspecified atom stereocenters. The summed E-state index contributed by atoms with van der Waals surface area (Å²) in [5.74, 6) is 2.01. The minimum atomic E-state index is 0.347. The first-order valence-corrected chi connectivity index (χ1v) is 6.32. The van der Waals surface area contributed by atoms with Gasteiger partial charge in [-0.15, -0.1) is 0 Å². The number of fused-ring (bicyclic) bond motifs is 1. The third-order valence-corrected chi connectivity index (χ3v) is 3.44. The second-order valence-corrected chi connectivity index (χ2v) is 4.64. The highest BCUT2D eigenvalue weighted by Crippen LogP contribution is 2.31. The first kappa shape index (κ1) is 11.4. The van der Waals surface area contributed by atoms with Crippen molar-refractivity contribution in [2.45, 2.75) is 25.9 Å². The molecule has 2 aromatic rings. The third kappa shape index (κ3) is 2.14. The van der Waals surface area contributed by atoms with Crippen LogP contribution in [0.5, 0.6) is 5.75 Å². The average molecular weight is 243 g/mol. The number of benzene rings is 1. The minimum absolute atomic E-state index is 0.347. The van der Waals surface area contributed by atoms with Crippen LogP contribution in [-0.2, 0) is 6.54 Å². The smallest absolute Gasteiger partial charge is 0.124 e. The Morgan fingerprint density at radius 1 is 1.28 bits per heavy atom. The zero-order valence-electron chi connectivity index (χ0n) is 10.5. The molecular formula is C15H17NO2. The average Bonchev–Trinajstić information content (AvgIpc) is 2.82. The van der Waals surface area contributed by atoms with Crippen LogP contribution in [0.2, 0.25) is 0 Å². The number of aryl methyl sites for hydroxylation is 1. The topological polar surface area (TPSA) is 34.4 Å². The highest BCUT2D eigenvalue weighted by atomic mass is 16.5. The monoisotopic (exact) mass is 243 g/mol. The van der Waals surface area contributed by atoms with Crippen molar-refractivity contribution in [1.82, 2.24) is 5.32 Å². The zero-order valence-corrected chi connectivity index (χ0v) is 10.5. The second kappa shape index (κ2) is 4.86. The number of furan rings is 1. The van der Waals surface area contributed by atoms with Crippen LogP contribution in [0.3, 0.4) is 0 Å². The van der Waals surface area contributed by atoms with Gasteiger partial charge in [0.2, 0.25) is 0 Å². The van der Waals surface area contributed by atoms with E-state index in [4.69, 9.17) is 9.15 Å². The van der Waals surface area contributed by atoms with Gasteiger partial charge in [0.15, 0.2) is 0 Å². The predicted octanol–water partition coefficient (Wildman–Crippen LogP) is 3.20. The van der Waals surface area contributed by atoms with E-state index >= 15 is 0 Å². The number of rotatable bonds is 3. The van der Waals surface area contributed by atoms with Crippen molar-refractivity contribution in [3.63, 3.8) is 0 Å². The Labute approximate surface area is 107 Å². The molecule has 0 radical (unpaired) electrons. The van der Waals surface area contributed by atoms with Crippen LogP contribution >= 0.6 is 0 Å². The fourth-order valence-corrected chi connectivity index (χ4v) is 2.36. The molecule has 0 aliphatic carbocycles. The SMILES string of the molecule is Cc1ccoc1CNC1CCOc2ccccc21. The lowest BCUT2D eigenvalue weighted by Crippen LogP contribution is -2.26. The summed E-state index contributed by atoms with van der Waals surface area (Å²) in [5, 5.41) is 3.55. The van der Waals surface area contributed by atoms with Crippen LogP contribution in [0.4, 0.5) is 0 Å². The molecule has 1 aliphatic rings. The van der Waals surface area contributed by atoms with Crippen LogP contribution in [0.15, 0.2) is 41.0 Å². The molecule has 18 heavy (non-hydrogen) atoms. The maximum Gasteiger partial charge on any atom is 0.124 e. The largest absolute Gasteiger partial charge is 0.493 e. The van der Waals surface area contributed by atoms with Crippen molar-refractivity contribution in [1.29, 1.82) is 0 Å². The number of hydrogen-bond acceptors (Lipinski definition) is 3. The van der Waals surface area contributed by atoms with Crippen LogP contribution in [0, 0.1) is 6.92 Å². The van der Waals surface area contributed by atoms with Gasteiger partial charge in [-0.05, 0) is 24.6 Å². The predicted molar refractivity (Wildman–Crippen MR) is 69.6 cm³/mol. The number of nitrogens with one attached hydrogen (secondary N) is 1. The summed E-state index contributed by atoms with van der Waals surface area (Å²) in [6.45, 7) is 3.60. The Kier molecular flexibility index (Phi) is 3.07. The standard InChI is InChI=1S/C15H17NO2/c1-11-6-8-18-15(11)10-16-13-7-9-17-14-5-3-2-4-12(13)14/h2-6,8,13,16H,7,9-10H2,1H3. The maximum atomic E-state index is 5.65. The summed E-state index contributed by atoms with van der Waals surface area (Å²) >= 11 is 0. The van der Waals surface area contributed by atoms with Gasteiger partial charge in [0, 0.05) is 18.0 Å². The van der Waals surface area contributed by atoms with E-state index < -0.39 is 0 Å². The molecule has 0 bridgehead atoms. The minimum Gasteiger partial charge on any atom is -0.493 e. The molecule has 94 valence electrons. The first-order chi connectivity index (χ1) is 8.84. The summed E-state index contributed by atoms with van der Waals surface area (Å²) in [6, 6.07) is 10.6. The third-order valence-electron chi connectivity index (χ3n) is 3.44. The number of para-hydroxylation sites is 1. The van der Waals surface area contributed by atoms with Gasteiger partial charge < -0.3 is 14.5 Å². The van der Waals surface area contributed by atoms with Gasteiger partial charge in [-0.1, -0.05) is 18.2 Å². The molecule has 0 spiro atoms. The lowest BCUT2D eigenvalue weighted by Gasteiger charge is -2.26. The van der Waals surface area contributed by atoms with Crippen molar-refractivity contribution in [3.8, 4) is 5.75 Å². The number of ether oxygens (including phenoxy) is 1. The van der Waals surface area contributed by atoms with E-state index in [1.807, 2.05) is 18.2 Å². The van der Waals surface area contributed by atoms with E-state index in [0.29, 0.717) is 6.04 Å². The van der Waals surface area contributed by atoms with Crippen molar-refractivity contribution < 1.29 is 9.15 Å². The molecular weight excluding hydrogens is 226 g/mol. The van der Waals surface area contributed by atoms with Crippen molar-refractivity contribution in [2.24, 2.45) is 0 Å². The fraction of sp³-hybridized carbons (Fsp3) is 0.333. The molecule has 0 saturated heterocycles. The Morgan fingerprint density at radius 3 is 3.00 bits per heavy atom. The van der Waals surface area contributed by atoms with Crippen LogP contribution in [0.1, 0.15) is 29.3 Å². The molecule has 0 saturated carbocycles. The summed E-state index contributed by atoms with van der Waals surface area (Å²) in [4.78, 5) is 0. The quantitative estimate of drug-likeness (QED) is 0.899. The normalized spacial score (nSPS) is 18.2. The van der Waals surface area contributed by atoms with Crippen LogP contribution in [0.25, 0.3) is 0 Å². The molecule has 2 heterocycles. The van der Waals surface area contributed by atoms with E-state index in [0.717, 1.165) is 31.1 Å². The number of hydrogen-bond donors (Lipinski definition) is 1. The summed E-state index contributed by atoms with van der Waals surface area (Å²) in [6.07, 6.45) is 2.74. The highest BCUT2D eigenvalue weighted by Gasteiger charge is 2.20. The van der Waals surface area contributed by atoms with Gasteiger partial charge >= 0.3 is 0 Å². The molecule has 3 nitrogen and oxygen atoms in total. The van der Waals surface area contributed by atoms with Gasteiger partial charge in [-0.2, -0.15) is 0 Å². The van der Waals surface area contributed by atoms with Crippen molar-refractivity contribution in [3.05, 3.63) is 53.5 Å². The van der Waals surface area contributed by atoms with Crippen molar-refractivity contribution in [2.75, 3.05) is 6.61 Å². The molecule has 1 aliphatic heterocycles. The summed E-state index contributed by atoms with van der Waals surface area (Å²) in [7, 11) is 0. The van der Waals surface area contributed by atoms with Gasteiger partial charge in [0.25, 0.3) is 0 Å².